The van der Waals surface area contributed by atoms with Gasteiger partial charge in [-0.3, -0.25) is 0 Å². The third-order valence-electron chi connectivity index (χ3n) is 2.31. The second-order valence-electron chi connectivity index (χ2n) is 3.41. The van der Waals surface area contributed by atoms with Crippen LogP contribution in [0.1, 0.15) is 33.1 Å². The van der Waals surface area contributed by atoms with Crippen molar-refractivity contribution in [3.05, 3.63) is 34.4 Å². The van der Waals surface area contributed by atoms with Crippen LogP contribution in [0.5, 0.6) is 0 Å². The van der Waals surface area contributed by atoms with Gasteiger partial charge in [-0.1, -0.05) is 34.7 Å². The minimum atomic E-state index is 0.613. The van der Waals surface area contributed by atoms with E-state index in [4.69, 9.17) is 0 Å². The molecule has 12 heavy (non-hydrogen) atoms. The molecule has 1 unspecified atom stereocenters. The Kier molecular flexibility index (Phi) is 3.16. The average molecular weight is 274 g/mol. The average Bonchev–Trinajstić information content (AvgIpc) is 1.96. The fourth-order valence-corrected chi connectivity index (χ4v) is 2.08. The molecule has 0 bridgehead atoms. The first-order valence-corrected chi connectivity index (χ1v) is 5.48. The molecule has 1 aromatic rings. The minimum absolute atomic E-state index is 0.613. The Morgan fingerprint density at radius 1 is 1.00 bits per heavy atom. The second kappa shape index (κ2) is 3.77. The molecule has 0 aliphatic rings. The Labute approximate surface area is 88.5 Å². The summed E-state index contributed by atoms with van der Waals surface area (Å²) in [5.74, 6) is 0. The van der Waals surface area contributed by atoms with Crippen LogP contribution in [0.25, 0.3) is 0 Å². The molecule has 1 heteroatoms. The summed E-state index contributed by atoms with van der Waals surface area (Å²) in [6.45, 7) is 8.77. The summed E-state index contributed by atoms with van der Waals surface area (Å²) in [6.07, 6.45) is 0. The lowest BCUT2D eigenvalue weighted by Crippen LogP contribution is -1.92. The van der Waals surface area contributed by atoms with Crippen LogP contribution in [0.2, 0.25) is 0 Å². The van der Waals surface area contributed by atoms with Crippen molar-refractivity contribution in [2.24, 2.45) is 0 Å². The summed E-state index contributed by atoms with van der Waals surface area (Å²) >= 11 is 2.46. The molecule has 0 aliphatic carbocycles. The fraction of sp³-hybridized carbons (Fsp3) is 0.455. The first-order chi connectivity index (χ1) is 5.52. The largest absolute Gasteiger partial charge is 0.0777 e. The molecular formula is C11H15I. The van der Waals surface area contributed by atoms with Crippen LogP contribution in [0.4, 0.5) is 0 Å². The van der Waals surface area contributed by atoms with Crippen molar-refractivity contribution in [1.29, 1.82) is 0 Å². The molecule has 0 aliphatic heterocycles. The summed E-state index contributed by atoms with van der Waals surface area (Å²) in [4.78, 5) is 0. The molecule has 1 atom stereocenters. The molecule has 0 radical (unpaired) electrons. The molecule has 1 rings (SSSR count). The van der Waals surface area contributed by atoms with Gasteiger partial charge in [0.2, 0.25) is 0 Å². The van der Waals surface area contributed by atoms with E-state index in [-0.39, 0.29) is 0 Å². The molecule has 0 nitrogen and oxygen atoms in total. The summed E-state index contributed by atoms with van der Waals surface area (Å²) in [7, 11) is 0. The molecule has 66 valence electrons. The molecule has 0 N–H and O–H groups in total. The number of rotatable bonds is 1. The zero-order chi connectivity index (χ0) is 9.30. The van der Waals surface area contributed by atoms with Gasteiger partial charge in [0.05, 0.1) is 0 Å². The van der Waals surface area contributed by atoms with Crippen LogP contribution >= 0.6 is 22.6 Å². The molecule has 0 fully saturated rings. The van der Waals surface area contributed by atoms with Crippen molar-refractivity contribution in [1.82, 2.24) is 0 Å². The molecule has 1 aromatic carbocycles. The van der Waals surface area contributed by atoms with Gasteiger partial charge in [-0.25, -0.2) is 0 Å². The lowest BCUT2D eigenvalue weighted by atomic mass is 9.99. The Morgan fingerprint density at radius 2 is 1.50 bits per heavy atom. The van der Waals surface area contributed by atoms with E-state index in [1.807, 2.05) is 0 Å². The van der Waals surface area contributed by atoms with Gasteiger partial charge in [0.1, 0.15) is 0 Å². The summed E-state index contributed by atoms with van der Waals surface area (Å²) in [6, 6.07) is 4.58. The Balaban J connectivity index is 3.23. The quantitative estimate of drug-likeness (QED) is 0.534. The van der Waals surface area contributed by atoms with Gasteiger partial charge in [-0.05, 0) is 49.9 Å². The summed E-state index contributed by atoms with van der Waals surface area (Å²) in [5.41, 5.74) is 5.69. The van der Waals surface area contributed by atoms with Crippen molar-refractivity contribution in [3.8, 4) is 0 Å². The first kappa shape index (κ1) is 10.0. The van der Waals surface area contributed by atoms with Gasteiger partial charge in [0, 0.05) is 3.92 Å². The summed E-state index contributed by atoms with van der Waals surface area (Å²) in [5, 5.41) is 0. The van der Waals surface area contributed by atoms with Crippen LogP contribution in [0.15, 0.2) is 12.1 Å². The van der Waals surface area contributed by atoms with E-state index in [2.05, 4.69) is 62.4 Å². The van der Waals surface area contributed by atoms with Crippen LogP contribution in [0.3, 0.4) is 0 Å². The van der Waals surface area contributed by atoms with Gasteiger partial charge in [0.15, 0.2) is 0 Å². The normalized spacial score (nSPS) is 13.1. The van der Waals surface area contributed by atoms with Crippen molar-refractivity contribution in [2.75, 3.05) is 0 Å². The SMILES string of the molecule is Cc1cc(C)c(C(C)I)cc1C. The van der Waals surface area contributed by atoms with Crippen LogP contribution in [-0.4, -0.2) is 0 Å². The third kappa shape index (κ3) is 2.00. The maximum Gasteiger partial charge on any atom is 0.0334 e. The maximum absolute atomic E-state index is 2.46. The van der Waals surface area contributed by atoms with Crippen molar-refractivity contribution in [2.45, 2.75) is 31.6 Å². The van der Waals surface area contributed by atoms with Crippen molar-refractivity contribution < 1.29 is 0 Å². The predicted molar refractivity (Wildman–Crippen MR) is 63.1 cm³/mol. The van der Waals surface area contributed by atoms with E-state index < -0.39 is 0 Å². The fourth-order valence-electron chi connectivity index (χ4n) is 1.41. The molecule has 0 aromatic heterocycles. The number of benzene rings is 1. The van der Waals surface area contributed by atoms with Gasteiger partial charge in [-0.2, -0.15) is 0 Å². The number of hydrogen-bond acceptors (Lipinski definition) is 0. The van der Waals surface area contributed by atoms with Crippen LogP contribution < -0.4 is 0 Å². The monoisotopic (exact) mass is 274 g/mol. The molecule has 0 heterocycles. The van der Waals surface area contributed by atoms with E-state index in [0.717, 1.165) is 0 Å². The molecule has 0 saturated heterocycles. The van der Waals surface area contributed by atoms with Gasteiger partial charge >= 0.3 is 0 Å². The van der Waals surface area contributed by atoms with Crippen molar-refractivity contribution >= 4 is 22.6 Å². The number of hydrogen-bond donors (Lipinski definition) is 0. The molecule has 0 saturated carbocycles. The molecule has 0 amide bonds. The zero-order valence-corrected chi connectivity index (χ0v) is 10.3. The highest BCUT2D eigenvalue weighted by Gasteiger charge is 2.05. The Hall–Kier alpha value is -0.0500. The molecule has 0 spiro atoms. The smallest absolute Gasteiger partial charge is 0.0334 e. The van der Waals surface area contributed by atoms with Crippen LogP contribution in [0, 0.1) is 20.8 Å². The van der Waals surface area contributed by atoms with E-state index in [1.54, 1.807) is 0 Å². The highest BCUT2D eigenvalue weighted by molar-refractivity contribution is 14.1. The van der Waals surface area contributed by atoms with Crippen LogP contribution in [-0.2, 0) is 0 Å². The standard InChI is InChI=1S/C11H15I/c1-7-5-9(3)11(10(4)12)6-8(7)2/h5-6,10H,1-4H3. The van der Waals surface area contributed by atoms with Gasteiger partial charge in [-0.15, -0.1) is 0 Å². The predicted octanol–water partition coefficient (Wildman–Crippen LogP) is 4.11. The lowest BCUT2D eigenvalue weighted by molar-refractivity contribution is 1.10. The number of alkyl halides is 1. The van der Waals surface area contributed by atoms with E-state index in [1.165, 1.54) is 22.3 Å². The minimum Gasteiger partial charge on any atom is -0.0777 e. The number of halogens is 1. The number of aryl methyl sites for hydroxylation is 3. The second-order valence-corrected chi connectivity index (χ2v) is 5.28. The Morgan fingerprint density at radius 3 is 2.00 bits per heavy atom. The van der Waals surface area contributed by atoms with Gasteiger partial charge < -0.3 is 0 Å². The van der Waals surface area contributed by atoms with E-state index in [0.29, 0.717) is 3.92 Å². The highest BCUT2D eigenvalue weighted by Crippen LogP contribution is 2.27. The highest BCUT2D eigenvalue weighted by atomic mass is 127. The maximum atomic E-state index is 2.46. The third-order valence-corrected chi connectivity index (χ3v) is 2.98. The topological polar surface area (TPSA) is 0 Å². The van der Waals surface area contributed by atoms with Gasteiger partial charge in [0.25, 0.3) is 0 Å². The van der Waals surface area contributed by atoms with E-state index in [9.17, 15) is 0 Å². The van der Waals surface area contributed by atoms with E-state index >= 15 is 0 Å². The summed E-state index contributed by atoms with van der Waals surface area (Å²) < 4.78 is 0.613. The lowest BCUT2D eigenvalue weighted by Gasteiger charge is -2.11. The van der Waals surface area contributed by atoms with Crippen molar-refractivity contribution in [3.63, 3.8) is 0 Å². The zero-order valence-electron chi connectivity index (χ0n) is 8.11. The Bertz CT molecular complexity index is 287. The first-order valence-electron chi connectivity index (χ1n) is 4.24. The molecular weight excluding hydrogens is 259 g/mol.